The van der Waals surface area contributed by atoms with E-state index < -0.39 is 0 Å². The second kappa shape index (κ2) is 7.90. The molecule has 128 valence electrons. The van der Waals surface area contributed by atoms with E-state index in [0.717, 1.165) is 24.0 Å². The maximum Gasteiger partial charge on any atom is 0.410 e. The molecule has 3 heteroatoms. The Hall–Kier alpha value is -2.73. The number of carbonyl (C=O) groups excluding carboxylic acids is 1. The van der Waals surface area contributed by atoms with E-state index in [4.69, 9.17) is 11.2 Å². The molecule has 0 N–H and O–H groups in total. The second-order valence-electron chi connectivity index (χ2n) is 6.55. The lowest BCUT2D eigenvalue weighted by Gasteiger charge is -2.37. The molecule has 0 saturated carbocycles. The Morgan fingerprint density at radius 1 is 1.20 bits per heavy atom. The zero-order chi connectivity index (χ0) is 17.6. The van der Waals surface area contributed by atoms with Crippen LogP contribution in [-0.4, -0.2) is 17.5 Å². The number of likely N-dealkylation sites (tertiary alicyclic amines) is 1. The number of nitrogens with zero attached hydrogens (tertiary/aromatic N) is 1. The van der Waals surface area contributed by atoms with Gasteiger partial charge in [0.2, 0.25) is 0 Å². The van der Waals surface area contributed by atoms with Gasteiger partial charge in [0.1, 0.15) is 6.61 Å². The Morgan fingerprint density at radius 3 is 2.60 bits per heavy atom. The number of benzene rings is 2. The lowest BCUT2D eigenvalue weighted by atomic mass is 9.87. The van der Waals surface area contributed by atoms with E-state index in [0.29, 0.717) is 6.54 Å². The first kappa shape index (κ1) is 17.1. The van der Waals surface area contributed by atoms with Crippen LogP contribution >= 0.6 is 0 Å². The number of aryl methyl sites for hydroxylation is 1. The summed E-state index contributed by atoms with van der Waals surface area (Å²) in [6, 6.07) is 18.0. The van der Waals surface area contributed by atoms with Gasteiger partial charge in [0.05, 0.1) is 6.04 Å². The topological polar surface area (TPSA) is 29.5 Å². The molecule has 1 aliphatic heterocycles. The highest BCUT2D eigenvalue weighted by Crippen LogP contribution is 2.34. The van der Waals surface area contributed by atoms with E-state index in [-0.39, 0.29) is 24.7 Å². The predicted octanol–water partition coefficient (Wildman–Crippen LogP) is 4.72. The van der Waals surface area contributed by atoms with Crippen molar-refractivity contribution in [2.45, 2.75) is 32.4 Å². The van der Waals surface area contributed by atoms with Crippen LogP contribution in [0.1, 0.15) is 35.6 Å². The Labute approximate surface area is 149 Å². The highest BCUT2D eigenvalue weighted by molar-refractivity contribution is 5.68. The van der Waals surface area contributed by atoms with Crippen molar-refractivity contribution in [2.75, 3.05) is 6.54 Å². The minimum atomic E-state index is -0.273. The molecule has 0 spiro atoms. The van der Waals surface area contributed by atoms with Gasteiger partial charge in [0, 0.05) is 12.5 Å². The van der Waals surface area contributed by atoms with E-state index in [1.54, 1.807) is 0 Å². The molecule has 3 rings (SSSR count). The molecule has 1 heterocycles. The van der Waals surface area contributed by atoms with Crippen molar-refractivity contribution in [1.29, 1.82) is 0 Å². The SMILES string of the molecule is C#C[C@@H]1CCN(C(=O)OCc2ccccc2)[C@H](c2ccc(C)cc2)C1. The van der Waals surface area contributed by atoms with Crippen LogP contribution in [-0.2, 0) is 11.3 Å². The number of amides is 1. The molecule has 1 fully saturated rings. The summed E-state index contributed by atoms with van der Waals surface area (Å²) in [4.78, 5) is 14.5. The quantitative estimate of drug-likeness (QED) is 0.761. The van der Waals surface area contributed by atoms with Crippen LogP contribution in [0.4, 0.5) is 4.79 Å². The average Bonchev–Trinajstić information content (AvgIpc) is 2.67. The Bertz CT molecular complexity index is 746. The molecule has 0 bridgehead atoms. The molecule has 0 aliphatic carbocycles. The molecule has 25 heavy (non-hydrogen) atoms. The number of terminal acetylenes is 1. The lowest BCUT2D eigenvalue weighted by molar-refractivity contribution is 0.0622. The van der Waals surface area contributed by atoms with Gasteiger partial charge >= 0.3 is 6.09 Å². The summed E-state index contributed by atoms with van der Waals surface area (Å²) in [6.07, 6.45) is 6.96. The third kappa shape index (κ3) is 4.22. The van der Waals surface area contributed by atoms with Crippen molar-refractivity contribution >= 4 is 6.09 Å². The summed E-state index contributed by atoms with van der Waals surface area (Å²) in [5.41, 5.74) is 3.30. The van der Waals surface area contributed by atoms with Crippen molar-refractivity contribution in [3.8, 4) is 12.3 Å². The van der Waals surface area contributed by atoms with Crippen LogP contribution in [0.5, 0.6) is 0 Å². The largest absolute Gasteiger partial charge is 0.445 e. The van der Waals surface area contributed by atoms with Crippen LogP contribution in [0.3, 0.4) is 0 Å². The van der Waals surface area contributed by atoms with E-state index >= 15 is 0 Å². The van der Waals surface area contributed by atoms with Gasteiger partial charge in [-0.15, -0.1) is 12.3 Å². The summed E-state index contributed by atoms with van der Waals surface area (Å²) in [5, 5.41) is 0. The fourth-order valence-electron chi connectivity index (χ4n) is 3.24. The molecule has 2 atom stereocenters. The molecule has 2 aromatic rings. The zero-order valence-electron chi connectivity index (χ0n) is 14.5. The Kier molecular flexibility index (Phi) is 5.40. The highest BCUT2D eigenvalue weighted by Gasteiger charge is 2.32. The van der Waals surface area contributed by atoms with E-state index in [1.807, 2.05) is 35.2 Å². The van der Waals surface area contributed by atoms with E-state index in [2.05, 4.69) is 37.1 Å². The van der Waals surface area contributed by atoms with Crippen molar-refractivity contribution in [3.63, 3.8) is 0 Å². The summed E-state index contributed by atoms with van der Waals surface area (Å²) in [5.74, 6) is 3.05. The van der Waals surface area contributed by atoms with Crippen molar-refractivity contribution in [3.05, 3.63) is 71.3 Å². The standard InChI is InChI=1S/C22H23NO2/c1-3-18-13-14-23(21(15-18)20-11-9-17(2)10-12-20)22(24)25-16-19-7-5-4-6-8-19/h1,4-12,18,21H,13-16H2,2H3/t18-,21+/m1/s1. The fourth-order valence-corrected chi connectivity index (χ4v) is 3.24. The number of hydrogen-bond acceptors (Lipinski definition) is 2. The maximum atomic E-state index is 12.7. The lowest BCUT2D eigenvalue weighted by Crippen LogP contribution is -2.41. The van der Waals surface area contributed by atoms with Crippen LogP contribution < -0.4 is 0 Å². The predicted molar refractivity (Wildman–Crippen MR) is 98.8 cm³/mol. The fraction of sp³-hybridized carbons (Fsp3) is 0.318. The Balaban J connectivity index is 1.73. The number of hydrogen-bond donors (Lipinski definition) is 0. The van der Waals surface area contributed by atoms with E-state index in [1.165, 1.54) is 5.56 Å². The number of carbonyl (C=O) groups is 1. The van der Waals surface area contributed by atoms with Gasteiger partial charge in [-0.1, -0.05) is 60.2 Å². The normalized spacial score (nSPS) is 19.9. The zero-order valence-corrected chi connectivity index (χ0v) is 14.5. The van der Waals surface area contributed by atoms with Crippen molar-refractivity contribution in [2.24, 2.45) is 5.92 Å². The first-order chi connectivity index (χ1) is 12.2. The van der Waals surface area contributed by atoms with Crippen LogP contribution in [0, 0.1) is 25.2 Å². The summed E-state index contributed by atoms with van der Waals surface area (Å²) >= 11 is 0. The van der Waals surface area contributed by atoms with Crippen LogP contribution in [0.25, 0.3) is 0 Å². The molecule has 2 aromatic carbocycles. The third-order valence-corrected chi connectivity index (χ3v) is 4.74. The minimum absolute atomic E-state index is 0.0290. The van der Waals surface area contributed by atoms with Crippen LogP contribution in [0.15, 0.2) is 54.6 Å². The van der Waals surface area contributed by atoms with Gasteiger partial charge < -0.3 is 9.64 Å². The maximum absolute atomic E-state index is 12.7. The molecule has 0 aromatic heterocycles. The first-order valence-corrected chi connectivity index (χ1v) is 8.67. The number of ether oxygens (including phenoxy) is 1. The van der Waals surface area contributed by atoms with Crippen LogP contribution in [0.2, 0.25) is 0 Å². The van der Waals surface area contributed by atoms with Gasteiger partial charge in [-0.3, -0.25) is 0 Å². The molecular weight excluding hydrogens is 310 g/mol. The van der Waals surface area contributed by atoms with Gasteiger partial charge in [-0.2, -0.15) is 0 Å². The molecule has 1 saturated heterocycles. The van der Waals surface area contributed by atoms with E-state index in [9.17, 15) is 4.79 Å². The summed E-state index contributed by atoms with van der Waals surface area (Å²) in [7, 11) is 0. The Morgan fingerprint density at radius 2 is 1.92 bits per heavy atom. The van der Waals surface area contributed by atoms with Gasteiger partial charge in [-0.05, 0) is 30.9 Å². The molecule has 1 aliphatic rings. The summed E-state index contributed by atoms with van der Waals surface area (Å²) in [6.45, 7) is 2.97. The minimum Gasteiger partial charge on any atom is -0.445 e. The monoisotopic (exact) mass is 333 g/mol. The number of rotatable bonds is 3. The molecular formula is C22H23NO2. The second-order valence-corrected chi connectivity index (χ2v) is 6.55. The first-order valence-electron chi connectivity index (χ1n) is 8.67. The molecule has 1 amide bonds. The highest BCUT2D eigenvalue weighted by atomic mass is 16.6. The van der Waals surface area contributed by atoms with Gasteiger partial charge in [-0.25, -0.2) is 4.79 Å². The third-order valence-electron chi connectivity index (χ3n) is 4.74. The average molecular weight is 333 g/mol. The smallest absolute Gasteiger partial charge is 0.410 e. The number of piperidine rings is 1. The van der Waals surface area contributed by atoms with Crippen molar-refractivity contribution in [1.82, 2.24) is 4.90 Å². The molecule has 0 unspecified atom stereocenters. The van der Waals surface area contributed by atoms with Crippen molar-refractivity contribution < 1.29 is 9.53 Å². The van der Waals surface area contributed by atoms with Gasteiger partial charge in [0.15, 0.2) is 0 Å². The summed E-state index contributed by atoms with van der Waals surface area (Å²) < 4.78 is 5.55. The molecule has 0 radical (unpaired) electrons. The molecule has 3 nitrogen and oxygen atoms in total. The van der Waals surface area contributed by atoms with Gasteiger partial charge in [0.25, 0.3) is 0 Å².